The predicted molar refractivity (Wildman–Crippen MR) is 270 cm³/mol. The predicted octanol–water partition coefficient (Wildman–Crippen LogP) is 18.1. The Morgan fingerprint density at radius 2 is 0.758 bits per heavy atom. The number of allylic oxidation sites excluding steroid dienone is 10. The molecule has 0 aliphatic rings. The highest BCUT2D eigenvalue weighted by Gasteiger charge is 2.17. The van der Waals surface area contributed by atoms with Crippen molar-refractivity contribution < 1.29 is 23.8 Å². The first kappa shape index (κ1) is 59.6. The van der Waals surface area contributed by atoms with Gasteiger partial charge in [0.2, 0.25) is 0 Å². The molecule has 1 atom stereocenters. The van der Waals surface area contributed by atoms with Crippen molar-refractivity contribution in [2.45, 2.75) is 271 Å². The van der Waals surface area contributed by atoms with Gasteiger partial charge in [-0.1, -0.05) is 242 Å². The van der Waals surface area contributed by atoms with Crippen molar-refractivity contribution in [1.82, 2.24) is 0 Å². The highest BCUT2D eigenvalue weighted by Crippen LogP contribution is 2.16. The Morgan fingerprint density at radius 3 is 1.24 bits per heavy atom. The first-order valence-electron chi connectivity index (χ1n) is 26.8. The SMILES string of the molecule is CC/C=C\C/C=C\C/C=C\C/C=C\CCC(=O)OC(COCCCCCCCC/C=C\CCCCCC)COC(=O)CCCCCCCCCCCCCCCCCCCCC. The van der Waals surface area contributed by atoms with Gasteiger partial charge in [-0.15, -0.1) is 0 Å². The average molecular weight is 867 g/mol. The number of rotatable bonds is 49. The van der Waals surface area contributed by atoms with Crippen molar-refractivity contribution in [3.8, 4) is 0 Å². The summed E-state index contributed by atoms with van der Waals surface area (Å²) in [5, 5.41) is 0. The largest absolute Gasteiger partial charge is 0.462 e. The summed E-state index contributed by atoms with van der Waals surface area (Å²) in [7, 11) is 0. The lowest BCUT2D eigenvalue weighted by Crippen LogP contribution is -2.30. The summed E-state index contributed by atoms with van der Waals surface area (Å²) in [6, 6.07) is 0. The maximum absolute atomic E-state index is 12.7. The van der Waals surface area contributed by atoms with Crippen molar-refractivity contribution in [3.63, 3.8) is 0 Å². The van der Waals surface area contributed by atoms with Crippen LogP contribution < -0.4 is 0 Å². The van der Waals surface area contributed by atoms with Gasteiger partial charge in [0.05, 0.1) is 6.61 Å². The Balaban J connectivity index is 4.27. The second-order valence-electron chi connectivity index (χ2n) is 17.8. The molecule has 0 heterocycles. The monoisotopic (exact) mass is 867 g/mol. The molecule has 0 N–H and O–H groups in total. The van der Waals surface area contributed by atoms with Crippen LogP contribution in [0.5, 0.6) is 0 Å². The summed E-state index contributed by atoms with van der Waals surface area (Å²) in [5.41, 5.74) is 0. The van der Waals surface area contributed by atoms with Crippen molar-refractivity contribution in [3.05, 3.63) is 60.8 Å². The molecule has 360 valence electrons. The van der Waals surface area contributed by atoms with Gasteiger partial charge in [-0.3, -0.25) is 9.59 Å². The molecule has 0 aliphatic heterocycles. The van der Waals surface area contributed by atoms with E-state index >= 15 is 0 Å². The molecule has 0 spiro atoms. The van der Waals surface area contributed by atoms with E-state index in [2.05, 4.69) is 75.5 Å². The third-order valence-electron chi connectivity index (χ3n) is 11.6. The lowest BCUT2D eigenvalue weighted by molar-refractivity contribution is -0.162. The lowest BCUT2D eigenvalue weighted by atomic mass is 10.0. The molecule has 62 heavy (non-hydrogen) atoms. The van der Waals surface area contributed by atoms with E-state index in [0.29, 0.717) is 25.9 Å². The third-order valence-corrected chi connectivity index (χ3v) is 11.6. The van der Waals surface area contributed by atoms with E-state index < -0.39 is 6.10 Å². The average Bonchev–Trinajstić information content (AvgIpc) is 3.27. The van der Waals surface area contributed by atoms with Crippen molar-refractivity contribution in [2.75, 3.05) is 19.8 Å². The second-order valence-corrected chi connectivity index (χ2v) is 17.8. The van der Waals surface area contributed by atoms with E-state index in [1.54, 1.807) is 0 Å². The zero-order valence-electron chi connectivity index (χ0n) is 41.4. The number of carbonyl (C=O) groups is 2. The molecule has 0 aromatic heterocycles. The van der Waals surface area contributed by atoms with E-state index in [1.807, 2.05) is 6.08 Å². The molecule has 0 aromatic carbocycles. The van der Waals surface area contributed by atoms with Crippen LogP contribution in [0.1, 0.15) is 265 Å². The van der Waals surface area contributed by atoms with Crippen molar-refractivity contribution in [1.29, 1.82) is 0 Å². The minimum atomic E-state index is -0.575. The minimum Gasteiger partial charge on any atom is -0.462 e. The molecular formula is C57H102O5. The molecule has 0 bridgehead atoms. The van der Waals surface area contributed by atoms with Gasteiger partial charge < -0.3 is 14.2 Å². The maximum Gasteiger partial charge on any atom is 0.306 e. The fourth-order valence-electron chi connectivity index (χ4n) is 7.58. The van der Waals surface area contributed by atoms with Gasteiger partial charge >= 0.3 is 11.9 Å². The Kier molecular flexibility index (Phi) is 50.9. The molecule has 1 unspecified atom stereocenters. The van der Waals surface area contributed by atoms with Crippen LogP contribution >= 0.6 is 0 Å². The minimum absolute atomic E-state index is 0.0564. The van der Waals surface area contributed by atoms with Crippen LogP contribution in [0.15, 0.2) is 60.8 Å². The van der Waals surface area contributed by atoms with E-state index in [4.69, 9.17) is 14.2 Å². The van der Waals surface area contributed by atoms with E-state index in [0.717, 1.165) is 51.4 Å². The van der Waals surface area contributed by atoms with Crippen LogP contribution in [0.2, 0.25) is 0 Å². The third kappa shape index (κ3) is 50.2. The highest BCUT2D eigenvalue weighted by molar-refractivity contribution is 5.70. The van der Waals surface area contributed by atoms with Gasteiger partial charge in [0, 0.05) is 19.4 Å². The van der Waals surface area contributed by atoms with Gasteiger partial charge in [-0.05, 0) is 70.6 Å². The van der Waals surface area contributed by atoms with Crippen LogP contribution in [0.3, 0.4) is 0 Å². The molecule has 0 rings (SSSR count). The zero-order valence-corrected chi connectivity index (χ0v) is 41.4. The first-order chi connectivity index (χ1) is 30.6. The summed E-state index contributed by atoms with van der Waals surface area (Å²) >= 11 is 0. The van der Waals surface area contributed by atoms with Crippen LogP contribution in [-0.2, 0) is 23.8 Å². The molecule has 0 amide bonds. The second kappa shape index (κ2) is 52.9. The van der Waals surface area contributed by atoms with Crippen LogP contribution in [0.4, 0.5) is 0 Å². The quantitative estimate of drug-likeness (QED) is 0.0346. The number of esters is 2. The van der Waals surface area contributed by atoms with Crippen LogP contribution in [0.25, 0.3) is 0 Å². The summed E-state index contributed by atoms with van der Waals surface area (Å²) < 4.78 is 17.3. The number of hydrogen-bond acceptors (Lipinski definition) is 5. The van der Waals surface area contributed by atoms with Crippen LogP contribution in [0, 0.1) is 0 Å². The van der Waals surface area contributed by atoms with Gasteiger partial charge in [0.1, 0.15) is 6.61 Å². The van der Waals surface area contributed by atoms with Gasteiger partial charge in [-0.25, -0.2) is 0 Å². The summed E-state index contributed by atoms with van der Waals surface area (Å²) in [5.74, 6) is -0.484. The van der Waals surface area contributed by atoms with E-state index in [9.17, 15) is 9.59 Å². The summed E-state index contributed by atoms with van der Waals surface area (Å²) in [4.78, 5) is 25.4. The molecule has 0 aromatic rings. The molecule has 5 heteroatoms. The smallest absolute Gasteiger partial charge is 0.306 e. The molecule has 0 aliphatic carbocycles. The number of unbranched alkanes of at least 4 members (excludes halogenated alkanes) is 28. The first-order valence-corrected chi connectivity index (χ1v) is 26.8. The Hall–Kier alpha value is -2.40. The standard InChI is InChI=1S/C57H102O5/c1-4-7-10-13-16-19-22-25-27-28-29-30-31-33-35-38-41-44-47-50-56(58)61-54-55(53-60-52-49-46-43-40-37-34-26-23-20-17-14-11-8-5-2)62-57(59)51-48-45-42-39-36-32-24-21-18-15-12-9-6-3/h9,12,18,20-21,23,32,36,42,45,55H,4-8,10-11,13-17,19,22,24-31,33-35,37-41,43-44,46-54H2,1-3H3/b12-9-,21-18-,23-20-,36-32-,45-42-. The van der Waals surface area contributed by atoms with Crippen molar-refractivity contribution >= 4 is 11.9 Å². The molecule has 0 saturated carbocycles. The number of ether oxygens (including phenoxy) is 3. The lowest BCUT2D eigenvalue weighted by Gasteiger charge is -2.18. The fraction of sp³-hybridized carbons (Fsp3) is 0.789. The zero-order chi connectivity index (χ0) is 44.9. The molecular weight excluding hydrogens is 765 g/mol. The Labute approximate surface area is 385 Å². The van der Waals surface area contributed by atoms with E-state index in [1.165, 1.54) is 173 Å². The molecule has 0 saturated heterocycles. The van der Waals surface area contributed by atoms with Crippen LogP contribution in [-0.4, -0.2) is 37.9 Å². The fourth-order valence-corrected chi connectivity index (χ4v) is 7.58. The Morgan fingerprint density at radius 1 is 0.371 bits per heavy atom. The normalized spacial score (nSPS) is 12.6. The topological polar surface area (TPSA) is 61.8 Å². The molecule has 0 fully saturated rings. The summed E-state index contributed by atoms with van der Waals surface area (Å²) in [6.45, 7) is 7.64. The summed E-state index contributed by atoms with van der Waals surface area (Å²) in [6.07, 6.45) is 66.8. The molecule has 0 radical (unpaired) electrons. The maximum atomic E-state index is 12.7. The highest BCUT2D eigenvalue weighted by atomic mass is 16.6. The molecule has 5 nitrogen and oxygen atoms in total. The number of hydrogen-bond donors (Lipinski definition) is 0. The van der Waals surface area contributed by atoms with Gasteiger partial charge in [0.25, 0.3) is 0 Å². The van der Waals surface area contributed by atoms with Gasteiger partial charge in [-0.2, -0.15) is 0 Å². The van der Waals surface area contributed by atoms with Crippen molar-refractivity contribution in [2.24, 2.45) is 0 Å². The van der Waals surface area contributed by atoms with Gasteiger partial charge in [0.15, 0.2) is 6.10 Å². The Bertz CT molecular complexity index is 1070. The number of carbonyl (C=O) groups excluding carboxylic acids is 2. The van der Waals surface area contributed by atoms with E-state index in [-0.39, 0.29) is 25.2 Å².